The van der Waals surface area contributed by atoms with E-state index in [0.29, 0.717) is 11.1 Å². The first-order chi connectivity index (χ1) is 8.56. The van der Waals surface area contributed by atoms with Gasteiger partial charge in [0, 0.05) is 17.2 Å². The van der Waals surface area contributed by atoms with Gasteiger partial charge in [0.2, 0.25) is 0 Å². The summed E-state index contributed by atoms with van der Waals surface area (Å²) in [6, 6.07) is 2.03. The van der Waals surface area contributed by atoms with E-state index in [2.05, 4.69) is 15.1 Å². The molecule has 0 bridgehead atoms. The molecule has 0 saturated heterocycles. The number of hydrogen-bond acceptors (Lipinski definition) is 3. The monoisotopic (exact) mass is 262 g/mol. The van der Waals surface area contributed by atoms with Crippen LogP contribution in [0.5, 0.6) is 0 Å². The van der Waals surface area contributed by atoms with Crippen LogP contribution in [0.15, 0.2) is 6.07 Å². The predicted octanol–water partition coefficient (Wildman–Crippen LogP) is 3.12. The van der Waals surface area contributed by atoms with Crippen LogP contribution in [0.25, 0.3) is 5.82 Å². The standard InChI is InChI=1S/C13H15ClN4/c1-7-6-8(2)18(17-7)13-9(3)11(14)15-12(16-13)10-4-5-10/h6,10H,4-5H2,1-3H3. The average Bonchev–Trinajstić information content (AvgIpc) is 3.09. The van der Waals surface area contributed by atoms with Crippen LogP contribution in [-0.2, 0) is 0 Å². The van der Waals surface area contributed by atoms with Crippen LogP contribution in [0, 0.1) is 20.8 Å². The predicted molar refractivity (Wildman–Crippen MR) is 70.4 cm³/mol. The minimum absolute atomic E-state index is 0.485. The molecule has 0 aromatic carbocycles. The normalized spacial score (nSPS) is 15.1. The zero-order valence-electron chi connectivity index (χ0n) is 10.7. The second-order valence-electron chi connectivity index (χ2n) is 4.93. The largest absolute Gasteiger partial charge is 0.220 e. The van der Waals surface area contributed by atoms with Crippen LogP contribution in [0.4, 0.5) is 0 Å². The SMILES string of the molecule is Cc1cc(C)n(-c2nc(C3CC3)nc(Cl)c2C)n1. The van der Waals surface area contributed by atoms with E-state index in [-0.39, 0.29) is 0 Å². The van der Waals surface area contributed by atoms with Gasteiger partial charge in [0.15, 0.2) is 5.82 Å². The van der Waals surface area contributed by atoms with Crippen LogP contribution in [-0.4, -0.2) is 19.7 Å². The molecular formula is C13H15ClN4. The summed E-state index contributed by atoms with van der Waals surface area (Å²) in [5, 5.41) is 5.01. The summed E-state index contributed by atoms with van der Waals surface area (Å²) in [4.78, 5) is 9.02. The highest BCUT2D eigenvalue weighted by atomic mass is 35.5. The smallest absolute Gasteiger partial charge is 0.161 e. The van der Waals surface area contributed by atoms with E-state index in [1.165, 1.54) is 0 Å². The summed E-state index contributed by atoms with van der Waals surface area (Å²) in [6.07, 6.45) is 2.33. The Balaban J connectivity index is 2.18. The third-order valence-electron chi connectivity index (χ3n) is 3.23. The zero-order chi connectivity index (χ0) is 12.9. The van der Waals surface area contributed by atoms with E-state index in [4.69, 9.17) is 11.6 Å². The van der Waals surface area contributed by atoms with Gasteiger partial charge in [-0.1, -0.05) is 11.6 Å². The molecule has 5 heteroatoms. The lowest BCUT2D eigenvalue weighted by molar-refractivity contribution is 0.772. The molecule has 1 fully saturated rings. The molecule has 1 aliphatic rings. The molecule has 1 aliphatic carbocycles. The van der Waals surface area contributed by atoms with Crippen molar-refractivity contribution in [2.45, 2.75) is 39.5 Å². The average molecular weight is 263 g/mol. The molecule has 0 spiro atoms. The fourth-order valence-corrected chi connectivity index (χ4v) is 2.24. The number of rotatable bonds is 2. The Labute approximate surface area is 111 Å². The molecule has 18 heavy (non-hydrogen) atoms. The van der Waals surface area contributed by atoms with Gasteiger partial charge in [0.05, 0.1) is 5.69 Å². The Bertz CT molecular complexity index is 614. The van der Waals surface area contributed by atoms with E-state index < -0.39 is 0 Å². The van der Waals surface area contributed by atoms with Crippen molar-refractivity contribution in [3.05, 3.63) is 34.0 Å². The highest BCUT2D eigenvalue weighted by Crippen LogP contribution is 2.39. The maximum absolute atomic E-state index is 6.21. The van der Waals surface area contributed by atoms with Crippen LogP contribution in [0.1, 0.15) is 41.5 Å². The summed E-state index contributed by atoms with van der Waals surface area (Å²) in [7, 11) is 0. The van der Waals surface area contributed by atoms with Crippen molar-refractivity contribution in [3.8, 4) is 5.82 Å². The molecule has 2 aromatic rings. The Morgan fingerprint density at radius 3 is 2.50 bits per heavy atom. The molecule has 4 nitrogen and oxygen atoms in total. The quantitative estimate of drug-likeness (QED) is 0.781. The molecule has 0 amide bonds. The Hall–Kier alpha value is -1.42. The lowest BCUT2D eigenvalue weighted by Gasteiger charge is -2.10. The first-order valence-electron chi connectivity index (χ1n) is 6.14. The zero-order valence-corrected chi connectivity index (χ0v) is 11.5. The van der Waals surface area contributed by atoms with Crippen molar-refractivity contribution in [1.82, 2.24) is 19.7 Å². The summed E-state index contributed by atoms with van der Waals surface area (Å²) >= 11 is 6.21. The summed E-state index contributed by atoms with van der Waals surface area (Å²) < 4.78 is 1.85. The van der Waals surface area contributed by atoms with Gasteiger partial charge in [-0.2, -0.15) is 5.10 Å². The topological polar surface area (TPSA) is 43.6 Å². The molecule has 0 atom stereocenters. The molecule has 0 aliphatic heterocycles. The van der Waals surface area contributed by atoms with Crippen molar-refractivity contribution in [3.63, 3.8) is 0 Å². The highest BCUT2D eigenvalue weighted by Gasteiger charge is 2.28. The molecular weight excluding hydrogens is 248 g/mol. The van der Waals surface area contributed by atoms with Crippen LogP contribution >= 0.6 is 11.6 Å². The molecule has 0 unspecified atom stereocenters. The second-order valence-corrected chi connectivity index (χ2v) is 5.29. The van der Waals surface area contributed by atoms with E-state index >= 15 is 0 Å². The number of halogens is 1. The molecule has 0 N–H and O–H groups in total. The molecule has 2 heterocycles. The van der Waals surface area contributed by atoms with Crippen LogP contribution < -0.4 is 0 Å². The van der Waals surface area contributed by atoms with Gasteiger partial charge in [-0.3, -0.25) is 0 Å². The van der Waals surface area contributed by atoms with Gasteiger partial charge in [-0.25, -0.2) is 14.6 Å². The van der Waals surface area contributed by atoms with Crippen molar-refractivity contribution in [2.24, 2.45) is 0 Å². The van der Waals surface area contributed by atoms with Crippen molar-refractivity contribution < 1.29 is 0 Å². The fraction of sp³-hybridized carbons (Fsp3) is 0.462. The van der Waals surface area contributed by atoms with E-state index in [1.807, 2.05) is 31.5 Å². The maximum atomic E-state index is 6.21. The van der Waals surface area contributed by atoms with E-state index in [0.717, 1.165) is 41.4 Å². The molecule has 0 radical (unpaired) electrons. The first-order valence-corrected chi connectivity index (χ1v) is 6.51. The number of hydrogen-bond donors (Lipinski definition) is 0. The minimum Gasteiger partial charge on any atom is -0.220 e. The third kappa shape index (κ3) is 1.90. The summed E-state index contributed by atoms with van der Waals surface area (Å²) in [5.41, 5.74) is 2.92. The van der Waals surface area contributed by atoms with Crippen molar-refractivity contribution >= 4 is 11.6 Å². The van der Waals surface area contributed by atoms with Crippen molar-refractivity contribution in [1.29, 1.82) is 0 Å². The molecule has 94 valence electrons. The fourth-order valence-electron chi connectivity index (χ4n) is 2.07. The lowest BCUT2D eigenvalue weighted by Crippen LogP contribution is -2.08. The summed E-state index contributed by atoms with van der Waals surface area (Å²) in [5.74, 6) is 2.15. The van der Waals surface area contributed by atoms with Gasteiger partial charge in [0.25, 0.3) is 0 Å². The van der Waals surface area contributed by atoms with Gasteiger partial charge >= 0.3 is 0 Å². The number of nitrogens with zero attached hydrogens (tertiary/aromatic N) is 4. The van der Waals surface area contributed by atoms with E-state index in [1.54, 1.807) is 0 Å². The second kappa shape index (κ2) is 4.05. The van der Waals surface area contributed by atoms with Gasteiger partial charge in [0.1, 0.15) is 11.0 Å². The van der Waals surface area contributed by atoms with Gasteiger partial charge in [-0.05, 0) is 39.7 Å². The van der Waals surface area contributed by atoms with Gasteiger partial charge < -0.3 is 0 Å². The first kappa shape index (κ1) is 11.7. The molecule has 2 aromatic heterocycles. The van der Waals surface area contributed by atoms with E-state index in [9.17, 15) is 0 Å². The minimum atomic E-state index is 0.485. The van der Waals surface area contributed by atoms with Crippen molar-refractivity contribution in [2.75, 3.05) is 0 Å². The van der Waals surface area contributed by atoms with Crippen LogP contribution in [0.3, 0.4) is 0 Å². The number of aromatic nitrogens is 4. The Morgan fingerprint density at radius 1 is 1.22 bits per heavy atom. The summed E-state index contributed by atoms with van der Waals surface area (Å²) in [6.45, 7) is 5.93. The Kier molecular flexibility index (Phi) is 2.63. The van der Waals surface area contributed by atoms with Gasteiger partial charge in [-0.15, -0.1) is 0 Å². The molecule has 3 rings (SSSR count). The lowest BCUT2D eigenvalue weighted by atomic mass is 10.3. The Morgan fingerprint density at radius 2 is 1.94 bits per heavy atom. The molecule has 1 saturated carbocycles. The number of aryl methyl sites for hydroxylation is 2. The maximum Gasteiger partial charge on any atom is 0.161 e. The van der Waals surface area contributed by atoms with Crippen LogP contribution in [0.2, 0.25) is 5.15 Å². The third-order valence-corrected chi connectivity index (χ3v) is 3.60. The highest BCUT2D eigenvalue weighted by molar-refractivity contribution is 6.30.